The first kappa shape index (κ1) is 13.4. The number of carbonyl (C=O) groups excluding carboxylic acids is 1. The fraction of sp³-hybridized carbons (Fsp3) is 0.0769. The largest absolute Gasteiger partial charge is 0.288 e. The normalized spacial score (nSPS) is 11.3. The molecule has 0 atom stereocenters. The number of fused-ring (bicyclic) bond motifs is 1. The van der Waals surface area contributed by atoms with Crippen LogP contribution in [0.5, 0.6) is 0 Å². The number of nitrogens with one attached hydrogen (secondary N) is 1. The Morgan fingerprint density at radius 1 is 1.52 bits per heavy atom. The molecule has 0 unspecified atom stereocenters. The number of amides is 1. The number of hydrogen-bond acceptors (Lipinski definition) is 6. The second-order valence-electron chi connectivity index (χ2n) is 4.25. The molecule has 0 saturated heterocycles. The maximum Gasteiger partial charge on any atom is 0.267 e. The van der Waals surface area contributed by atoms with E-state index >= 15 is 0 Å². The minimum absolute atomic E-state index is 0.540. The Kier molecular flexibility index (Phi) is 3.71. The maximum absolute atomic E-state index is 10.9. The summed E-state index contributed by atoms with van der Waals surface area (Å²) in [7, 11) is 0. The highest BCUT2D eigenvalue weighted by Crippen LogP contribution is 2.23. The van der Waals surface area contributed by atoms with Gasteiger partial charge in [0.1, 0.15) is 5.69 Å². The highest BCUT2D eigenvalue weighted by molar-refractivity contribution is 7.19. The van der Waals surface area contributed by atoms with Gasteiger partial charge in [0.05, 0.1) is 23.0 Å². The van der Waals surface area contributed by atoms with Crippen molar-refractivity contribution in [3.05, 3.63) is 47.2 Å². The van der Waals surface area contributed by atoms with Crippen LogP contribution >= 0.6 is 11.3 Å². The van der Waals surface area contributed by atoms with Crippen molar-refractivity contribution in [3.63, 3.8) is 0 Å². The topological polar surface area (TPSA) is 92.9 Å². The quantitative estimate of drug-likeness (QED) is 0.432. The molecule has 8 heteroatoms. The van der Waals surface area contributed by atoms with Crippen molar-refractivity contribution in [2.24, 2.45) is 0 Å². The zero-order valence-electron chi connectivity index (χ0n) is 10.8. The molecule has 0 bridgehead atoms. The number of pyridine rings is 1. The van der Waals surface area contributed by atoms with Crippen LogP contribution in [0, 0.1) is 0 Å². The lowest BCUT2D eigenvalue weighted by Gasteiger charge is -1.94. The molecule has 0 radical (unpaired) electrons. The summed E-state index contributed by atoms with van der Waals surface area (Å²) in [4.78, 5) is 16.3. The van der Waals surface area contributed by atoms with Crippen molar-refractivity contribution in [1.29, 1.82) is 0 Å². The number of thiophene rings is 1. The predicted octanol–water partition coefficient (Wildman–Crippen LogP) is 1.45. The van der Waals surface area contributed by atoms with Crippen LogP contribution in [0.3, 0.4) is 0 Å². The molecule has 0 spiro atoms. The SMILES string of the molecule is O=C(C=Cc1cn(Cc2cc3ncccc3s2)nn1)NO. The summed E-state index contributed by atoms with van der Waals surface area (Å²) in [5.41, 5.74) is 3.02. The molecular formula is C13H11N5O2S. The van der Waals surface area contributed by atoms with Gasteiger partial charge < -0.3 is 0 Å². The smallest absolute Gasteiger partial charge is 0.267 e. The molecule has 3 aromatic rings. The molecule has 0 saturated carbocycles. The third kappa shape index (κ3) is 3.12. The van der Waals surface area contributed by atoms with Gasteiger partial charge >= 0.3 is 0 Å². The van der Waals surface area contributed by atoms with Crippen molar-refractivity contribution in [2.75, 3.05) is 0 Å². The number of hydroxylamine groups is 1. The fourth-order valence-electron chi connectivity index (χ4n) is 1.82. The van der Waals surface area contributed by atoms with E-state index in [-0.39, 0.29) is 0 Å². The zero-order valence-corrected chi connectivity index (χ0v) is 11.6. The van der Waals surface area contributed by atoms with Gasteiger partial charge in [0, 0.05) is 17.2 Å². The first-order valence-corrected chi connectivity index (χ1v) is 6.92. The summed E-state index contributed by atoms with van der Waals surface area (Å²) >= 11 is 1.66. The van der Waals surface area contributed by atoms with Crippen LogP contribution in [0.25, 0.3) is 16.3 Å². The summed E-state index contributed by atoms with van der Waals surface area (Å²) in [5, 5.41) is 16.3. The lowest BCUT2D eigenvalue weighted by Crippen LogP contribution is -2.14. The third-order valence-electron chi connectivity index (χ3n) is 2.73. The molecule has 7 nitrogen and oxygen atoms in total. The third-order valence-corrected chi connectivity index (χ3v) is 3.80. The van der Waals surface area contributed by atoms with Gasteiger partial charge in [0.25, 0.3) is 5.91 Å². The van der Waals surface area contributed by atoms with E-state index in [1.165, 1.54) is 17.6 Å². The lowest BCUT2D eigenvalue weighted by atomic mass is 10.3. The first-order chi connectivity index (χ1) is 10.2. The molecule has 2 N–H and O–H groups in total. The second-order valence-corrected chi connectivity index (χ2v) is 5.42. The van der Waals surface area contributed by atoms with Gasteiger partial charge in [-0.25, -0.2) is 10.2 Å². The van der Waals surface area contributed by atoms with Crippen LogP contribution in [-0.4, -0.2) is 31.1 Å². The van der Waals surface area contributed by atoms with Gasteiger partial charge in [-0.15, -0.1) is 16.4 Å². The van der Waals surface area contributed by atoms with E-state index in [0.717, 1.165) is 15.1 Å². The van der Waals surface area contributed by atoms with Crippen LogP contribution < -0.4 is 5.48 Å². The molecule has 3 heterocycles. The predicted molar refractivity (Wildman–Crippen MR) is 77.7 cm³/mol. The Balaban J connectivity index is 1.74. The average Bonchev–Trinajstić information content (AvgIpc) is 3.10. The summed E-state index contributed by atoms with van der Waals surface area (Å²) in [6.07, 6.45) is 6.14. The average molecular weight is 301 g/mol. The number of nitrogens with zero attached hydrogens (tertiary/aromatic N) is 4. The van der Waals surface area contributed by atoms with E-state index in [2.05, 4.69) is 15.3 Å². The Morgan fingerprint density at radius 2 is 2.43 bits per heavy atom. The van der Waals surface area contributed by atoms with E-state index in [1.54, 1.807) is 28.4 Å². The van der Waals surface area contributed by atoms with Crippen LogP contribution in [0.1, 0.15) is 10.6 Å². The summed E-state index contributed by atoms with van der Waals surface area (Å²) < 4.78 is 2.81. The zero-order chi connectivity index (χ0) is 14.7. The second kappa shape index (κ2) is 5.81. The molecule has 0 aromatic carbocycles. The molecule has 21 heavy (non-hydrogen) atoms. The molecule has 0 aliphatic carbocycles. The first-order valence-electron chi connectivity index (χ1n) is 6.10. The summed E-state index contributed by atoms with van der Waals surface area (Å²) in [6, 6.07) is 5.96. The number of carbonyl (C=O) groups is 1. The van der Waals surface area contributed by atoms with E-state index < -0.39 is 5.91 Å². The Hall–Kier alpha value is -2.58. The van der Waals surface area contributed by atoms with Crippen molar-refractivity contribution in [1.82, 2.24) is 25.5 Å². The monoisotopic (exact) mass is 301 g/mol. The molecule has 1 amide bonds. The lowest BCUT2D eigenvalue weighted by molar-refractivity contribution is -0.124. The Morgan fingerprint density at radius 3 is 3.24 bits per heavy atom. The van der Waals surface area contributed by atoms with Crippen molar-refractivity contribution in [3.8, 4) is 0 Å². The van der Waals surface area contributed by atoms with Crippen LogP contribution in [0.15, 0.2) is 36.7 Å². The van der Waals surface area contributed by atoms with E-state index in [4.69, 9.17) is 5.21 Å². The van der Waals surface area contributed by atoms with E-state index in [0.29, 0.717) is 12.2 Å². The number of rotatable bonds is 4. The minimum Gasteiger partial charge on any atom is -0.288 e. The van der Waals surface area contributed by atoms with E-state index in [1.807, 2.05) is 18.2 Å². The Bertz CT molecular complexity index is 775. The van der Waals surface area contributed by atoms with Gasteiger partial charge in [-0.3, -0.25) is 15.0 Å². The van der Waals surface area contributed by atoms with Gasteiger partial charge in [0.2, 0.25) is 0 Å². The van der Waals surface area contributed by atoms with Crippen LogP contribution in [0.2, 0.25) is 0 Å². The van der Waals surface area contributed by atoms with Gasteiger partial charge in [-0.2, -0.15) is 0 Å². The number of aromatic nitrogens is 4. The van der Waals surface area contributed by atoms with Crippen molar-refractivity contribution in [2.45, 2.75) is 6.54 Å². The Labute approximate surface area is 123 Å². The fourth-order valence-corrected chi connectivity index (χ4v) is 2.84. The molecule has 106 valence electrons. The molecule has 3 rings (SSSR count). The van der Waals surface area contributed by atoms with Crippen LogP contribution in [0.4, 0.5) is 0 Å². The summed E-state index contributed by atoms with van der Waals surface area (Å²) in [5.74, 6) is -0.611. The maximum atomic E-state index is 10.9. The molecule has 0 aliphatic rings. The van der Waals surface area contributed by atoms with Gasteiger partial charge in [-0.1, -0.05) is 5.21 Å². The molecule has 3 aromatic heterocycles. The number of hydrogen-bond donors (Lipinski definition) is 2. The van der Waals surface area contributed by atoms with Crippen molar-refractivity contribution < 1.29 is 10.0 Å². The molecule has 0 aliphatic heterocycles. The van der Waals surface area contributed by atoms with Crippen LogP contribution in [-0.2, 0) is 11.3 Å². The minimum atomic E-state index is -0.611. The highest BCUT2D eigenvalue weighted by Gasteiger charge is 2.05. The van der Waals surface area contributed by atoms with E-state index in [9.17, 15) is 4.79 Å². The standard InChI is InChI=1S/C13H11N5O2S/c19-13(16-20)4-3-9-7-18(17-15-9)8-10-6-11-12(21-10)2-1-5-14-11/h1-7,20H,8H2,(H,16,19). The molecule has 0 fully saturated rings. The van der Waals surface area contributed by atoms with Gasteiger partial charge in [-0.05, 0) is 24.3 Å². The molecular weight excluding hydrogens is 290 g/mol. The summed E-state index contributed by atoms with van der Waals surface area (Å²) in [6.45, 7) is 0.591. The van der Waals surface area contributed by atoms with Gasteiger partial charge in [0.15, 0.2) is 0 Å². The van der Waals surface area contributed by atoms with Crippen molar-refractivity contribution >= 4 is 33.5 Å². The highest BCUT2D eigenvalue weighted by atomic mass is 32.1.